The fraction of sp³-hybridized carbons (Fsp3) is 0. The molecule has 0 rings (SSSR count). The summed E-state index contributed by atoms with van der Waals surface area (Å²) in [6, 6.07) is 0. The SMILES string of the molecule is O=P(O)(Cl)P(=O)(O)Cl. The first-order valence-corrected chi connectivity index (χ1v) is 7.14. The van der Waals surface area contributed by atoms with Crippen LogP contribution >= 0.6 is 35.3 Å². The van der Waals surface area contributed by atoms with Crippen molar-refractivity contribution in [2.24, 2.45) is 0 Å². The summed E-state index contributed by atoms with van der Waals surface area (Å²) in [6.07, 6.45) is -9.00. The van der Waals surface area contributed by atoms with Crippen LogP contribution in [0, 0.1) is 0 Å². The molecule has 0 aliphatic heterocycles. The van der Waals surface area contributed by atoms with E-state index in [2.05, 4.69) is 22.5 Å². The zero-order valence-electron chi connectivity index (χ0n) is 3.36. The maximum absolute atomic E-state index is 9.91. The minimum atomic E-state index is -4.50. The van der Waals surface area contributed by atoms with Crippen molar-refractivity contribution >= 4 is 35.3 Å². The van der Waals surface area contributed by atoms with Crippen molar-refractivity contribution in [2.45, 2.75) is 0 Å². The topological polar surface area (TPSA) is 74.6 Å². The van der Waals surface area contributed by atoms with Crippen LogP contribution in [-0.4, -0.2) is 9.79 Å². The molecule has 0 bridgehead atoms. The zero-order chi connectivity index (χ0) is 7.00. The summed E-state index contributed by atoms with van der Waals surface area (Å²) in [5, 5.41) is 0. The van der Waals surface area contributed by atoms with Crippen LogP contribution in [0.2, 0.25) is 0 Å². The third-order valence-electron chi connectivity index (χ3n) is 0.304. The second-order valence-corrected chi connectivity index (χ2v) is 10.3. The molecule has 0 aromatic heterocycles. The zero-order valence-corrected chi connectivity index (χ0v) is 6.66. The van der Waals surface area contributed by atoms with Crippen LogP contribution < -0.4 is 0 Å². The van der Waals surface area contributed by atoms with E-state index in [1.165, 1.54) is 0 Å². The predicted molar refractivity (Wildman–Crippen MR) is 31.4 cm³/mol. The molecule has 0 radical (unpaired) electrons. The highest BCUT2D eigenvalue weighted by Gasteiger charge is 2.37. The highest BCUT2D eigenvalue weighted by atomic mass is 35.7. The Morgan fingerprint density at radius 2 is 1.12 bits per heavy atom. The van der Waals surface area contributed by atoms with Gasteiger partial charge in [-0.1, -0.05) is 0 Å². The van der Waals surface area contributed by atoms with Gasteiger partial charge >= 0.3 is 12.8 Å². The first-order chi connectivity index (χ1) is 3.25. The van der Waals surface area contributed by atoms with Gasteiger partial charge in [0.15, 0.2) is 0 Å². The van der Waals surface area contributed by atoms with E-state index in [1.807, 2.05) is 0 Å². The highest BCUT2D eigenvalue weighted by Crippen LogP contribution is 2.82. The lowest BCUT2D eigenvalue weighted by atomic mass is 15.9. The molecule has 4 nitrogen and oxygen atoms in total. The molecule has 2 N–H and O–H groups in total. The summed E-state index contributed by atoms with van der Waals surface area (Å²) in [4.78, 5) is 16.1. The minimum Gasteiger partial charge on any atom is -0.326 e. The maximum atomic E-state index is 9.91. The van der Waals surface area contributed by atoms with Crippen molar-refractivity contribution in [3.8, 4) is 0 Å². The van der Waals surface area contributed by atoms with E-state index in [9.17, 15) is 9.13 Å². The summed E-state index contributed by atoms with van der Waals surface area (Å²) in [6.45, 7) is 0. The average molecular weight is 199 g/mol. The standard InChI is InChI=1S/Cl2H2O4P2/c1-7(3,4)8(2,5)6/h(H,3,4)(H,5,6). The molecule has 0 saturated carbocycles. The van der Waals surface area contributed by atoms with Crippen LogP contribution in [0.25, 0.3) is 0 Å². The molecule has 8 heavy (non-hydrogen) atoms. The first kappa shape index (κ1) is 8.96. The molecule has 8 heteroatoms. The van der Waals surface area contributed by atoms with E-state index in [-0.39, 0.29) is 0 Å². The Labute approximate surface area is 54.8 Å². The molecule has 2 atom stereocenters. The molecule has 50 valence electrons. The summed E-state index contributed by atoms with van der Waals surface area (Å²) in [5.74, 6) is 0. The van der Waals surface area contributed by atoms with Crippen molar-refractivity contribution in [1.29, 1.82) is 0 Å². The Morgan fingerprint density at radius 3 is 1.12 bits per heavy atom. The van der Waals surface area contributed by atoms with Crippen molar-refractivity contribution < 1.29 is 18.9 Å². The molecule has 0 heterocycles. The second-order valence-electron chi connectivity index (χ2n) is 0.946. The number of hydrogen-bond acceptors (Lipinski definition) is 2. The Kier molecular flexibility index (Phi) is 2.57. The van der Waals surface area contributed by atoms with Gasteiger partial charge in [0.2, 0.25) is 0 Å². The fourth-order valence-corrected chi connectivity index (χ4v) is 0. The number of halogens is 2. The largest absolute Gasteiger partial charge is 0.384 e. The highest BCUT2D eigenvalue weighted by molar-refractivity contribution is 8.49. The van der Waals surface area contributed by atoms with Crippen LogP contribution in [0.1, 0.15) is 0 Å². The molecule has 0 aromatic rings. The molecule has 0 aliphatic rings. The Morgan fingerprint density at radius 1 is 1.00 bits per heavy atom. The molecule has 2 unspecified atom stereocenters. The van der Waals surface area contributed by atoms with Crippen LogP contribution in [-0.2, 0) is 9.13 Å². The quantitative estimate of drug-likeness (QED) is 0.630. The van der Waals surface area contributed by atoms with Gasteiger partial charge in [0, 0.05) is 0 Å². The lowest BCUT2D eigenvalue weighted by Crippen LogP contribution is -1.64. The first-order valence-electron chi connectivity index (χ1n) is 1.30. The normalized spacial score (nSPS) is 26.0. The van der Waals surface area contributed by atoms with Gasteiger partial charge in [-0.05, 0) is 22.5 Å². The van der Waals surface area contributed by atoms with Gasteiger partial charge in [0.05, 0.1) is 0 Å². The fourth-order valence-electron chi connectivity index (χ4n) is 0. The monoisotopic (exact) mass is 198 g/mol. The van der Waals surface area contributed by atoms with Gasteiger partial charge in [-0.15, -0.1) is 0 Å². The van der Waals surface area contributed by atoms with Crippen LogP contribution in [0.15, 0.2) is 0 Å². The molecule has 0 spiro atoms. The lowest BCUT2D eigenvalue weighted by Gasteiger charge is -2.00. The smallest absolute Gasteiger partial charge is 0.326 e. The van der Waals surface area contributed by atoms with Gasteiger partial charge in [0.25, 0.3) is 0 Å². The van der Waals surface area contributed by atoms with E-state index in [1.54, 1.807) is 0 Å². The average Bonchev–Trinajstić information content (AvgIpc) is 1.25. The molecular weight excluding hydrogens is 197 g/mol. The maximum Gasteiger partial charge on any atom is 0.384 e. The van der Waals surface area contributed by atoms with E-state index < -0.39 is 12.8 Å². The molecule has 0 saturated heterocycles. The van der Waals surface area contributed by atoms with Crippen molar-refractivity contribution in [3.05, 3.63) is 0 Å². The van der Waals surface area contributed by atoms with Crippen LogP contribution in [0.4, 0.5) is 0 Å². The van der Waals surface area contributed by atoms with Crippen molar-refractivity contribution in [2.75, 3.05) is 0 Å². The summed E-state index contributed by atoms with van der Waals surface area (Å²) in [7, 11) is 0. The third-order valence-corrected chi connectivity index (χ3v) is 7.12. The van der Waals surface area contributed by atoms with Crippen molar-refractivity contribution in [1.82, 2.24) is 0 Å². The van der Waals surface area contributed by atoms with E-state index in [0.29, 0.717) is 0 Å². The van der Waals surface area contributed by atoms with Crippen LogP contribution in [0.3, 0.4) is 0 Å². The Hall–Kier alpha value is 0.960. The lowest BCUT2D eigenvalue weighted by molar-refractivity contribution is 0.476. The molecular formula is H2Cl2O4P2. The Bertz CT molecular complexity index is 141. The van der Waals surface area contributed by atoms with Crippen LogP contribution in [0.5, 0.6) is 0 Å². The summed E-state index contributed by atoms with van der Waals surface area (Å²) >= 11 is 8.95. The van der Waals surface area contributed by atoms with Gasteiger partial charge in [-0.3, -0.25) is 9.13 Å². The second kappa shape index (κ2) is 2.30. The molecule has 0 fully saturated rings. The summed E-state index contributed by atoms with van der Waals surface area (Å²) in [5.41, 5.74) is 0. The van der Waals surface area contributed by atoms with E-state index >= 15 is 0 Å². The number of rotatable bonds is 1. The molecule has 0 aromatic carbocycles. The number of hydrogen-bond donors (Lipinski definition) is 2. The van der Waals surface area contributed by atoms with E-state index in [0.717, 1.165) is 0 Å². The Balaban J connectivity index is 4.53. The van der Waals surface area contributed by atoms with Crippen molar-refractivity contribution in [3.63, 3.8) is 0 Å². The molecule has 0 aliphatic carbocycles. The van der Waals surface area contributed by atoms with Gasteiger partial charge < -0.3 is 9.79 Å². The van der Waals surface area contributed by atoms with E-state index in [4.69, 9.17) is 9.79 Å². The molecule has 0 amide bonds. The third kappa shape index (κ3) is 2.49. The summed E-state index contributed by atoms with van der Waals surface area (Å²) < 4.78 is 19.8. The van der Waals surface area contributed by atoms with Gasteiger partial charge in [-0.25, -0.2) is 0 Å². The minimum absolute atomic E-state index is 4.48. The predicted octanol–water partition coefficient (Wildman–Crippen LogP) is 1.75. The van der Waals surface area contributed by atoms with Gasteiger partial charge in [0.1, 0.15) is 0 Å². The van der Waals surface area contributed by atoms with Gasteiger partial charge in [-0.2, -0.15) is 0 Å².